The molecule has 0 radical (unpaired) electrons. The van der Waals surface area contributed by atoms with Crippen molar-refractivity contribution in [1.82, 2.24) is 5.32 Å². The average Bonchev–Trinajstić information content (AvgIpc) is 2.27. The van der Waals surface area contributed by atoms with Crippen molar-refractivity contribution >= 4 is 5.91 Å². The summed E-state index contributed by atoms with van der Waals surface area (Å²) in [5.41, 5.74) is 1.03. The highest BCUT2D eigenvalue weighted by Gasteiger charge is 2.15. The summed E-state index contributed by atoms with van der Waals surface area (Å²) in [4.78, 5) is 12.0. The maximum atomic E-state index is 12.9. The van der Waals surface area contributed by atoms with Crippen LogP contribution in [0, 0.1) is 18.7 Å². The number of hydrogen-bond acceptors (Lipinski definition) is 2. The molecule has 1 amide bonds. The van der Waals surface area contributed by atoms with Crippen LogP contribution < -0.4 is 5.32 Å². The topological polar surface area (TPSA) is 49.3 Å². The van der Waals surface area contributed by atoms with E-state index in [2.05, 4.69) is 5.32 Å². The van der Waals surface area contributed by atoms with E-state index in [4.69, 9.17) is 0 Å². The highest BCUT2D eigenvalue weighted by molar-refractivity contribution is 5.95. The highest BCUT2D eigenvalue weighted by Crippen LogP contribution is 2.11. The van der Waals surface area contributed by atoms with E-state index in [0.717, 1.165) is 0 Å². The summed E-state index contributed by atoms with van der Waals surface area (Å²) in [5.74, 6) is -0.242. The number of hydrogen-bond donors (Lipinski definition) is 2. The summed E-state index contributed by atoms with van der Waals surface area (Å²) in [6, 6.07) is 3.79. The second kappa shape index (κ2) is 6.50. The predicted octanol–water partition coefficient (Wildman–Crippen LogP) is 2.27. The second-order valence-electron chi connectivity index (χ2n) is 4.94. The van der Waals surface area contributed by atoms with Gasteiger partial charge in [0.05, 0.1) is 12.6 Å². The van der Waals surface area contributed by atoms with Crippen LogP contribution in [0.3, 0.4) is 0 Å². The van der Waals surface area contributed by atoms with Gasteiger partial charge in [0.1, 0.15) is 5.82 Å². The van der Waals surface area contributed by atoms with Gasteiger partial charge in [-0.05, 0) is 43.0 Å². The summed E-state index contributed by atoms with van der Waals surface area (Å²) >= 11 is 0. The Morgan fingerprint density at radius 1 is 1.44 bits per heavy atom. The predicted molar refractivity (Wildman–Crippen MR) is 68.9 cm³/mol. The van der Waals surface area contributed by atoms with E-state index >= 15 is 0 Å². The fourth-order valence-electron chi connectivity index (χ4n) is 1.89. The molecule has 3 nitrogen and oxygen atoms in total. The zero-order valence-corrected chi connectivity index (χ0v) is 11.0. The number of halogens is 1. The monoisotopic (exact) mass is 253 g/mol. The normalized spacial score (nSPS) is 12.6. The zero-order valence-electron chi connectivity index (χ0n) is 11.0. The number of aryl methyl sites for hydroxylation is 1. The summed E-state index contributed by atoms with van der Waals surface area (Å²) in [6.45, 7) is 5.65. The van der Waals surface area contributed by atoms with Gasteiger partial charge in [-0.25, -0.2) is 4.39 Å². The Morgan fingerprint density at radius 2 is 2.11 bits per heavy atom. The fraction of sp³-hybridized carbons (Fsp3) is 0.500. The Balaban J connectivity index is 2.74. The van der Waals surface area contributed by atoms with Crippen LogP contribution in [0.2, 0.25) is 0 Å². The van der Waals surface area contributed by atoms with Gasteiger partial charge < -0.3 is 10.4 Å². The van der Waals surface area contributed by atoms with Crippen LogP contribution in [0.4, 0.5) is 4.39 Å². The largest absolute Gasteiger partial charge is 0.394 e. The molecule has 0 unspecified atom stereocenters. The first-order valence-electron chi connectivity index (χ1n) is 6.12. The van der Waals surface area contributed by atoms with Crippen molar-refractivity contribution in [3.05, 3.63) is 35.1 Å². The maximum absolute atomic E-state index is 12.9. The molecule has 0 fully saturated rings. The summed E-state index contributed by atoms with van der Waals surface area (Å²) in [7, 11) is 0. The molecule has 1 atom stereocenters. The molecule has 18 heavy (non-hydrogen) atoms. The molecule has 0 saturated carbocycles. The number of aliphatic hydroxyl groups is 1. The van der Waals surface area contributed by atoms with Crippen molar-refractivity contribution in [2.45, 2.75) is 33.2 Å². The number of carbonyl (C=O) groups is 1. The van der Waals surface area contributed by atoms with Crippen molar-refractivity contribution in [2.24, 2.45) is 5.92 Å². The van der Waals surface area contributed by atoms with Gasteiger partial charge in [0.15, 0.2) is 0 Å². The minimum absolute atomic E-state index is 0.0931. The second-order valence-corrected chi connectivity index (χ2v) is 4.94. The van der Waals surface area contributed by atoms with E-state index in [9.17, 15) is 14.3 Å². The highest BCUT2D eigenvalue weighted by atomic mass is 19.1. The zero-order chi connectivity index (χ0) is 13.7. The molecule has 1 aromatic carbocycles. The van der Waals surface area contributed by atoms with E-state index in [1.54, 1.807) is 6.92 Å². The molecule has 100 valence electrons. The van der Waals surface area contributed by atoms with E-state index in [1.807, 2.05) is 13.8 Å². The van der Waals surface area contributed by atoms with Gasteiger partial charge in [0, 0.05) is 5.56 Å². The fourth-order valence-corrected chi connectivity index (χ4v) is 1.89. The third-order valence-electron chi connectivity index (χ3n) is 2.74. The molecule has 1 aromatic rings. The Labute approximate surface area is 107 Å². The Morgan fingerprint density at radius 3 is 2.61 bits per heavy atom. The lowest BCUT2D eigenvalue weighted by molar-refractivity contribution is 0.0907. The van der Waals surface area contributed by atoms with Crippen molar-refractivity contribution in [3.63, 3.8) is 0 Å². The molecular weight excluding hydrogens is 233 g/mol. The van der Waals surface area contributed by atoms with Gasteiger partial charge in [-0.2, -0.15) is 0 Å². The molecule has 0 heterocycles. The smallest absolute Gasteiger partial charge is 0.251 e. The first-order chi connectivity index (χ1) is 8.43. The van der Waals surface area contributed by atoms with Gasteiger partial charge in [-0.15, -0.1) is 0 Å². The number of aliphatic hydroxyl groups excluding tert-OH is 1. The van der Waals surface area contributed by atoms with Crippen molar-refractivity contribution in [3.8, 4) is 0 Å². The lowest BCUT2D eigenvalue weighted by Gasteiger charge is -2.18. The first-order valence-corrected chi connectivity index (χ1v) is 6.12. The van der Waals surface area contributed by atoms with Crippen LogP contribution >= 0.6 is 0 Å². The molecular formula is C14H20FNO2. The number of amides is 1. The van der Waals surface area contributed by atoms with Crippen LogP contribution in [-0.2, 0) is 0 Å². The number of nitrogens with one attached hydrogen (secondary N) is 1. The summed E-state index contributed by atoms with van der Waals surface area (Å²) < 4.78 is 12.9. The summed E-state index contributed by atoms with van der Waals surface area (Å²) in [6.07, 6.45) is 0.711. The lowest BCUT2D eigenvalue weighted by Crippen LogP contribution is -2.38. The van der Waals surface area contributed by atoms with Crippen LogP contribution in [-0.4, -0.2) is 23.7 Å². The molecule has 0 aromatic heterocycles. The third-order valence-corrected chi connectivity index (χ3v) is 2.74. The lowest BCUT2D eigenvalue weighted by atomic mass is 10.0. The molecule has 0 saturated heterocycles. The van der Waals surface area contributed by atoms with E-state index in [-0.39, 0.29) is 24.4 Å². The number of carbonyl (C=O) groups excluding carboxylic acids is 1. The van der Waals surface area contributed by atoms with Crippen LogP contribution in [0.1, 0.15) is 36.2 Å². The van der Waals surface area contributed by atoms with E-state index < -0.39 is 0 Å². The van der Waals surface area contributed by atoms with Gasteiger partial charge in [-0.1, -0.05) is 13.8 Å². The van der Waals surface area contributed by atoms with E-state index in [1.165, 1.54) is 18.2 Å². The minimum atomic E-state index is -0.357. The van der Waals surface area contributed by atoms with Gasteiger partial charge in [0.25, 0.3) is 5.91 Å². The molecule has 0 spiro atoms. The van der Waals surface area contributed by atoms with Crippen molar-refractivity contribution < 1.29 is 14.3 Å². The molecule has 0 aliphatic heterocycles. The molecule has 0 aliphatic carbocycles. The maximum Gasteiger partial charge on any atom is 0.251 e. The van der Waals surface area contributed by atoms with Crippen LogP contribution in [0.15, 0.2) is 18.2 Å². The van der Waals surface area contributed by atoms with Gasteiger partial charge in [0.2, 0.25) is 0 Å². The van der Waals surface area contributed by atoms with E-state index in [0.29, 0.717) is 23.5 Å². The van der Waals surface area contributed by atoms with Crippen molar-refractivity contribution in [2.75, 3.05) is 6.61 Å². The standard InChI is InChI=1S/C14H20FNO2/c1-9(2)6-12(8-17)16-14(18)13-5-4-11(15)7-10(13)3/h4-5,7,9,12,17H,6,8H2,1-3H3,(H,16,18)/t12-/m0/s1. The van der Waals surface area contributed by atoms with Crippen LogP contribution in [0.25, 0.3) is 0 Å². The number of rotatable bonds is 5. The van der Waals surface area contributed by atoms with Crippen molar-refractivity contribution in [1.29, 1.82) is 0 Å². The minimum Gasteiger partial charge on any atom is -0.394 e. The number of benzene rings is 1. The third kappa shape index (κ3) is 4.11. The molecule has 0 aliphatic rings. The Kier molecular flexibility index (Phi) is 5.28. The SMILES string of the molecule is Cc1cc(F)ccc1C(=O)N[C@H](CO)CC(C)C. The first kappa shape index (κ1) is 14.6. The summed E-state index contributed by atoms with van der Waals surface area (Å²) in [5, 5.41) is 12.0. The van der Waals surface area contributed by atoms with Crippen LogP contribution in [0.5, 0.6) is 0 Å². The molecule has 2 N–H and O–H groups in total. The molecule has 1 rings (SSSR count). The molecule has 4 heteroatoms. The Hall–Kier alpha value is -1.42. The van der Waals surface area contributed by atoms with Gasteiger partial charge in [-0.3, -0.25) is 4.79 Å². The quantitative estimate of drug-likeness (QED) is 0.845. The van der Waals surface area contributed by atoms with Gasteiger partial charge >= 0.3 is 0 Å². The molecule has 0 bridgehead atoms. The Bertz CT molecular complexity index is 418. The average molecular weight is 253 g/mol.